The molecule has 23 heavy (non-hydrogen) atoms. The van der Waals surface area contributed by atoms with E-state index in [0.717, 1.165) is 42.8 Å². The lowest BCUT2D eigenvalue weighted by Gasteiger charge is -2.22. The maximum absolute atomic E-state index is 13.4. The Hall–Kier alpha value is -2.21. The molecule has 0 saturated carbocycles. The van der Waals surface area contributed by atoms with Gasteiger partial charge in [0.15, 0.2) is 0 Å². The van der Waals surface area contributed by atoms with Gasteiger partial charge in [-0.2, -0.15) is 5.10 Å². The predicted molar refractivity (Wildman–Crippen MR) is 86.4 cm³/mol. The maximum atomic E-state index is 13.4. The Balaban J connectivity index is 1.62. The summed E-state index contributed by atoms with van der Waals surface area (Å²) in [5.74, 6) is 0.701. The van der Waals surface area contributed by atoms with Crippen LogP contribution in [-0.4, -0.2) is 31.2 Å². The van der Waals surface area contributed by atoms with Gasteiger partial charge in [-0.1, -0.05) is 0 Å². The van der Waals surface area contributed by atoms with Crippen LogP contribution in [0, 0.1) is 12.7 Å². The van der Waals surface area contributed by atoms with Crippen molar-refractivity contribution in [3.63, 3.8) is 0 Å². The number of fused-ring (bicyclic) bond motifs is 1. The summed E-state index contributed by atoms with van der Waals surface area (Å²) >= 11 is 0. The molecule has 0 radical (unpaired) electrons. The summed E-state index contributed by atoms with van der Waals surface area (Å²) in [5, 5.41) is 4.33. The molecule has 4 rings (SSSR count). The molecule has 3 heterocycles. The summed E-state index contributed by atoms with van der Waals surface area (Å²) in [6.45, 7) is 4.01. The molecule has 1 aromatic carbocycles. The van der Waals surface area contributed by atoms with Crippen LogP contribution in [0.4, 0.5) is 4.39 Å². The first-order valence-corrected chi connectivity index (χ1v) is 7.98. The summed E-state index contributed by atoms with van der Waals surface area (Å²) in [6.07, 6.45) is 4.16. The number of nitrogens with zero attached hydrogens (tertiary/aromatic N) is 4. The number of hydrogen-bond acceptors (Lipinski definition) is 3. The Kier molecular flexibility index (Phi) is 3.41. The van der Waals surface area contributed by atoms with Gasteiger partial charge in [-0.25, -0.2) is 9.37 Å². The monoisotopic (exact) mass is 313 g/mol. The van der Waals surface area contributed by atoms with Gasteiger partial charge in [0.05, 0.1) is 23.3 Å². The highest BCUT2D eigenvalue weighted by molar-refractivity contribution is 5.75. The molecule has 0 spiro atoms. The van der Waals surface area contributed by atoms with Crippen LogP contribution in [0.2, 0.25) is 0 Å². The molecular weight excluding hydrogens is 293 g/mol. The van der Waals surface area contributed by atoms with E-state index in [1.165, 1.54) is 23.4 Å². The minimum Gasteiger partial charge on any atom is -0.341 e. The van der Waals surface area contributed by atoms with Crippen molar-refractivity contribution in [2.45, 2.75) is 32.4 Å². The molecule has 0 bridgehead atoms. The summed E-state index contributed by atoms with van der Waals surface area (Å²) in [6, 6.07) is 4.95. The first kappa shape index (κ1) is 14.4. The molecule has 3 aromatic rings. The number of aromatic nitrogens is 4. The third kappa shape index (κ3) is 2.53. The zero-order valence-electron chi connectivity index (χ0n) is 13.4. The molecule has 0 aliphatic carbocycles. The third-order valence-electron chi connectivity index (χ3n) is 4.85. The van der Waals surface area contributed by atoms with Crippen molar-refractivity contribution in [3.05, 3.63) is 47.3 Å². The Bertz CT molecular complexity index is 850. The van der Waals surface area contributed by atoms with E-state index in [1.807, 2.05) is 17.9 Å². The van der Waals surface area contributed by atoms with Gasteiger partial charge in [0.25, 0.3) is 0 Å². The molecule has 120 valence electrons. The van der Waals surface area contributed by atoms with Crippen LogP contribution in [0.15, 0.2) is 24.4 Å². The molecule has 1 aliphatic heterocycles. The van der Waals surface area contributed by atoms with Gasteiger partial charge in [-0.15, -0.1) is 0 Å². The Morgan fingerprint density at radius 2 is 2.26 bits per heavy atom. The van der Waals surface area contributed by atoms with E-state index >= 15 is 0 Å². The molecular formula is C17H20FN5. The highest BCUT2D eigenvalue weighted by Gasteiger charge is 2.29. The number of H-pyrrole nitrogens is 1. The number of likely N-dealkylation sites (tertiary alicyclic amines) is 1. The van der Waals surface area contributed by atoms with E-state index in [1.54, 1.807) is 6.07 Å². The molecule has 1 aliphatic rings. The van der Waals surface area contributed by atoms with Gasteiger partial charge in [0.2, 0.25) is 0 Å². The number of aryl methyl sites for hydroxylation is 1. The van der Waals surface area contributed by atoms with Gasteiger partial charge < -0.3 is 4.98 Å². The van der Waals surface area contributed by atoms with Crippen LogP contribution in [0.25, 0.3) is 11.0 Å². The van der Waals surface area contributed by atoms with Crippen molar-refractivity contribution in [1.29, 1.82) is 0 Å². The van der Waals surface area contributed by atoms with Crippen LogP contribution in [-0.2, 0) is 13.6 Å². The van der Waals surface area contributed by atoms with Gasteiger partial charge in [-0.3, -0.25) is 9.58 Å². The minimum atomic E-state index is -0.234. The van der Waals surface area contributed by atoms with E-state index in [4.69, 9.17) is 0 Å². The van der Waals surface area contributed by atoms with E-state index < -0.39 is 0 Å². The number of nitrogens with one attached hydrogen (secondary N) is 1. The van der Waals surface area contributed by atoms with Crippen LogP contribution in [0.1, 0.15) is 36.0 Å². The Morgan fingerprint density at radius 3 is 3.04 bits per heavy atom. The molecule has 0 amide bonds. The first-order valence-electron chi connectivity index (χ1n) is 7.98. The Labute approximate surface area is 134 Å². The second-order valence-electron chi connectivity index (χ2n) is 6.29. The second kappa shape index (κ2) is 5.45. The van der Waals surface area contributed by atoms with E-state index in [0.29, 0.717) is 0 Å². The fourth-order valence-electron chi connectivity index (χ4n) is 3.40. The van der Waals surface area contributed by atoms with Crippen molar-refractivity contribution in [3.8, 4) is 0 Å². The lowest BCUT2D eigenvalue weighted by atomic mass is 10.2. The molecule has 1 fully saturated rings. The fourth-order valence-corrected chi connectivity index (χ4v) is 3.40. The average molecular weight is 313 g/mol. The molecule has 0 unspecified atom stereocenters. The smallest absolute Gasteiger partial charge is 0.125 e. The van der Waals surface area contributed by atoms with E-state index in [9.17, 15) is 4.39 Å². The predicted octanol–water partition coefficient (Wildman–Crippen LogP) is 3.08. The third-order valence-corrected chi connectivity index (χ3v) is 4.85. The molecule has 5 nitrogen and oxygen atoms in total. The number of benzene rings is 1. The molecule has 2 aromatic heterocycles. The average Bonchev–Trinajstić information content (AvgIpc) is 3.22. The quantitative estimate of drug-likeness (QED) is 0.808. The number of hydrogen-bond donors (Lipinski definition) is 1. The van der Waals surface area contributed by atoms with Crippen molar-refractivity contribution >= 4 is 11.0 Å². The lowest BCUT2D eigenvalue weighted by Crippen LogP contribution is -2.23. The van der Waals surface area contributed by atoms with Crippen LogP contribution >= 0.6 is 0 Å². The van der Waals surface area contributed by atoms with E-state index in [2.05, 4.69) is 26.9 Å². The first-order chi connectivity index (χ1) is 11.1. The number of imidazole rings is 1. The van der Waals surface area contributed by atoms with Crippen molar-refractivity contribution in [1.82, 2.24) is 24.6 Å². The Morgan fingerprint density at radius 1 is 1.39 bits per heavy atom. The van der Waals surface area contributed by atoms with Gasteiger partial charge in [0, 0.05) is 24.8 Å². The van der Waals surface area contributed by atoms with Crippen LogP contribution < -0.4 is 0 Å². The number of halogens is 1. The summed E-state index contributed by atoms with van der Waals surface area (Å²) in [7, 11) is 1.97. The normalized spacial score (nSPS) is 19.0. The summed E-state index contributed by atoms with van der Waals surface area (Å²) < 4.78 is 15.3. The standard InChI is InChI=1S/C17H20FN5/c1-11-12(9-19-22(11)2)10-23-7-3-4-16(23)17-20-14-6-5-13(18)8-15(14)21-17/h5-6,8-9,16H,3-4,7,10H2,1-2H3,(H,20,21)/t16-/m0/s1. The number of rotatable bonds is 3. The molecule has 1 saturated heterocycles. The molecule has 1 N–H and O–H groups in total. The highest BCUT2D eigenvalue weighted by Crippen LogP contribution is 2.33. The maximum Gasteiger partial charge on any atom is 0.125 e. The fraction of sp³-hybridized carbons (Fsp3) is 0.412. The minimum absolute atomic E-state index is 0.234. The van der Waals surface area contributed by atoms with Gasteiger partial charge in [-0.05, 0) is 44.5 Å². The SMILES string of the molecule is Cc1c(CN2CCC[C@H]2c2nc3ccc(F)cc3[nH]2)cnn1C. The number of aromatic amines is 1. The molecule has 1 atom stereocenters. The summed E-state index contributed by atoms with van der Waals surface area (Å²) in [5.41, 5.74) is 4.04. The second-order valence-corrected chi connectivity index (χ2v) is 6.29. The molecule has 6 heteroatoms. The lowest BCUT2D eigenvalue weighted by molar-refractivity contribution is 0.240. The summed E-state index contributed by atoms with van der Waals surface area (Å²) in [4.78, 5) is 10.4. The van der Waals surface area contributed by atoms with Crippen LogP contribution in [0.3, 0.4) is 0 Å². The van der Waals surface area contributed by atoms with Gasteiger partial charge in [0.1, 0.15) is 11.6 Å². The zero-order chi connectivity index (χ0) is 16.0. The largest absolute Gasteiger partial charge is 0.341 e. The van der Waals surface area contributed by atoms with Crippen molar-refractivity contribution < 1.29 is 4.39 Å². The highest BCUT2D eigenvalue weighted by atomic mass is 19.1. The van der Waals surface area contributed by atoms with Crippen molar-refractivity contribution in [2.75, 3.05) is 6.54 Å². The van der Waals surface area contributed by atoms with Crippen molar-refractivity contribution in [2.24, 2.45) is 7.05 Å². The topological polar surface area (TPSA) is 49.7 Å². The van der Waals surface area contributed by atoms with E-state index in [-0.39, 0.29) is 11.9 Å². The zero-order valence-corrected chi connectivity index (χ0v) is 13.4. The van der Waals surface area contributed by atoms with Crippen LogP contribution in [0.5, 0.6) is 0 Å². The van der Waals surface area contributed by atoms with Gasteiger partial charge >= 0.3 is 0 Å².